The van der Waals surface area contributed by atoms with E-state index < -0.39 is 0 Å². The van der Waals surface area contributed by atoms with Crippen LogP contribution in [0, 0.1) is 0 Å². The predicted molar refractivity (Wildman–Crippen MR) is 67.5 cm³/mol. The average Bonchev–Trinajstić information content (AvgIpc) is 2.85. The molecule has 0 bridgehead atoms. The Morgan fingerprint density at radius 1 is 1.35 bits per heavy atom. The van der Waals surface area contributed by atoms with Gasteiger partial charge in [-0.25, -0.2) is 0 Å². The van der Waals surface area contributed by atoms with Gasteiger partial charge in [-0.3, -0.25) is 4.79 Å². The van der Waals surface area contributed by atoms with Gasteiger partial charge in [0.1, 0.15) is 0 Å². The molecule has 88 valence electrons. The lowest BCUT2D eigenvalue weighted by molar-refractivity contribution is 0.0730. The van der Waals surface area contributed by atoms with Gasteiger partial charge < -0.3 is 10.2 Å². The number of hydrogen-bond donors (Lipinski definition) is 1. The first kappa shape index (κ1) is 10.5. The number of carbonyl (C=O) groups is 1. The van der Waals surface area contributed by atoms with Gasteiger partial charge in [-0.1, -0.05) is 24.8 Å². The number of hydrogen-bond acceptors (Lipinski definition) is 2. The van der Waals surface area contributed by atoms with E-state index in [4.69, 9.17) is 0 Å². The maximum atomic E-state index is 12.4. The van der Waals surface area contributed by atoms with Crippen LogP contribution >= 0.6 is 0 Å². The van der Waals surface area contributed by atoms with E-state index >= 15 is 0 Å². The minimum absolute atomic E-state index is 0.0943. The van der Waals surface area contributed by atoms with E-state index in [1.807, 2.05) is 29.2 Å². The van der Waals surface area contributed by atoms with Crippen LogP contribution < -0.4 is 5.32 Å². The average molecular weight is 228 g/mol. The molecule has 2 aliphatic heterocycles. The fourth-order valence-corrected chi connectivity index (χ4v) is 2.85. The molecule has 3 rings (SSSR count). The summed E-state index contributed by atoms with van der Waals surface area (Å²) in [5.74, 6) is 0.0943. The Balaban J connectivity index is 2.06. The number of nitrogens with zero attached hydrogens (tertiary/aromatic N) is 1. The van der Waals surface area contributed by atoms with Gasteiger partial charge in [-0.15, -0.1) is 0 Å². The highest BCUT2D eigenvalue weighted by molar-refractivity contribution is 6.09. The van der Waals surface area contributed by atoms with E-state index in [1.54, 1.807) is 0 Å². The second-order valence-electron chi connectivity index (χ2n) is 5.06. The minimum Gasteiger partial charge on any atom is -0.314 e. The Bertz CT molecular complexity index is 466. The molecule has 2 aliphatic rings. The summed E-state index contributed by atoms with van der Waals surface area (Å²) in [6, 6.07) is 7.72. The van der Waals surface area contributed by atoms with Crippen LogP contribution in [0.25, 0.3) is 5.70 Å². The van der Waals surface area contributed by atoms with E-state index in [9.17, 15) is 4.79 Å². The maximum absolute atomic E-state index is 12.4. The number of benzene rings is 1. The lowest BCUT2D eigenvalue weighted by atomic mass is 9.98. The molecular formula is C14H16N2O. The molecule has 1 amide bonds. The zero-order valence-electron chi connectivity index (χ0n) is 9.99. The summed E-state index contributed by atoms with van der Waals surface area (Å²) in [5, 5.41) is 3.32. The van der Waals surface area contributed by atoms with Crippen LogP contribution in [0.5, 0.6) is 0 Å². The van der Waals surface area contributed by atoms with Crippen LogP contribution in [0.2, 0.25) is 0 Å². The van der Waals surface area contributed by atoms with Gasteiger partial charge in [0.05, 0.1) is 5.54 Å². The minimum atomic E-state index is -0.132. The highest BCUT2D eigenvalue weighted by Gasteiger charge is 2.44. The SMILES string of the molecule is C=C1c2ccccc2C(=O)N1C1(C)CCNC1. The van der Waals surface area contributed by atoms with Crippen molar-refractivity contribution in [1.82, 2.24) is 10.2 Å². The third kappa shape index (κ3) is 1.35. The highest BCUT2D eigenvalue weighted by atomic mass is 16.2. The molecule has 1 N–H and O–H groups in total. The molecule has 0 aliphatic carbocycles. The summed E-state index contributed by atoms with van der Waals surface area (Å²) in [5.41, 5.74) is 2.47. The van der Waals surface area contributed by atoms with Crippen LogP contribution in [0.3, 0.4) is 0 Å². The highest BCUT2D eigenvalue weighted by Crippen LogP contribution is 2.38. The first-order valence-corrected chi connectivity index (χ1v) is 5.97. The molecule has 1 aromatic rings. The molecule has 1 aromatic carbocycles. The van der Waals surface area contributed by atoms with E-state index in [0.717, 1.165) is 36.3 Å². The summed E-state index contributed by atoms with van der Waals surface area (Å²) in [4.78, 5) is 14.3. The van der Waals surface area contributed by atoms with Crippen molar-refractivity contribution in [2.75, 3.05) is 13.1 Å². The van der Waals surface area contributed by atoms with Gasteiger partial charge in [0, 0.05) is 23.4 Å². The summed E-state index contributed by atoms with van der Waals surface area (Å²) >= 11 is 0. The second kappa shape index (κ2) is 3.44. The molecule has 3 heteroatoms. The van der Waals surface area contributed by atoms with Gasteiger partial charge in [-0.05, 0) is 26.0 Å². The Kier molecular flexibility index (Phi) is 2.13. The van der Waals surface area contributed by atoms with Gasteiger partial charge in [-0.2, -0.15) is 0 Å². The predicted octanol–water partition coefficient (Wildman–Crippen LogP) is 1.87. The molecule has 0 saturated carbocycles. The van der Waals surface area contributed by atoms with Crippen molar-refractivity contribution in [3.8, 4) is 0 Å². The van der Waals surface area contributed by atoms with Gasteiger partial charge >= 0.3 is 0 Å². The van der Waals surface area contributed by atoms with Crippen LogP contribution in [-0.4, -0.2) is 29.4 Å². The molecule has 2 heterocycles. The fraction of sp³-hybridized carbons (Fsp3) is 0.357. The number of carbonyl (C=O) groups excluding carboxylic acids is 1. The fourth-order valence-electron chi connectivity index (χ4n) is 2.85. The summed E-state index contributed by atoms with van der Waals surface area (Å²) in [6.07, 6.45) is 0.978. The van der Waals surface area contributed by atoms with Crippen molar-refractivity contribution in [3.05, 3.63) is 42.0 Å². The number of rotatable bonds is 1. The Labute approximate surface area is 101 Å². The normalized spacial score (nSPS) is 27.7. The van der Waals surface area contributed by atoms with Gasteiger partial charge in [0.2, 0.25) is 0 Å². The van der Waals surface area contributed by atoms with Crippen molar-refractivity contribution >= 4 is 11.6 Å². The van der Waals surface area contributed by atoms with Crippen molar-refractivity contribution in [3.63, 3.8) is 0 Å². The lowest BCUT2D eigenvalue weighted by Gasteiger charge is -2.35. The van der Waals surface area contributed by atoms with Crippen molar-refractivity contribution in [2.24, 2.45) is 0 Å². The van der Waals surface area contributed by atoms with E-state index in [2.05, 4.69) is 18.8 Å². The zero-order chi connectivity index (χ0) is 12.0. The summed E-state index contributed by atoms with van der Waals surface area (Å²) in [6.45, 7) is 8.02. The van der Waals surface area contributed by atoms with Crippen LogP contribution in [-0.2, 0) is 0 Å². The Morgan fingerprint density at radius 3 is 2.65 bits per heavy atom. The van der Waals surface area contributed by atoms with E-state index in [0.29, 0.717) is 0 Å². The van der Waals surface area contributed by atoms with Crippen molar-refractivity contribution < 1.29 is 4.79 Å². The quantitative estimate of drug-likeness (QED) is 0.795. The largest absolute Gasteiger partial charge is 0.314 e. The molecule has 1 atom stereocenters. The van der Waals surface area contributed by atoms with Gasteiger partial charge in [0.25, 0.3) is 5.91 Å². The zero-order valence-corrected chi connectivity index (χ0v) is 9.99. The third-order valence-electron chi connectivity index (χ3n) is 3.83. The number of fused-ring (bicyclic) bond motifs is 1. The molecule has 1 fully saturated rings. The molecule has 1 unspecified atom stereocenters. The third-order valence-corrected chi connectivity index (χ3v) is 3.83. The van der Waals surface area contributed by atoms with Crippen LogP contribution in [0.15, 0.2) is 30.8 Å². The van der Waals surface area contributed by atoms with Crippen LogP contribution in [0.4, 0.5) is 0 Å². The van der Waals surface area contributed by atoms with Crippen molar-refractivity contribution in [2.45, 2.75) is 18.9 Å². The maximum Gasteiger partial charge on any atom is 0.259 e. The van der Waals surface area contributed by atoms with Crippen molar-refractivity contribution in [1.29, 1.82) is 0 Å². The van der Waals surface area contributed by atoms with E-state index in [1.165, 1.54) is 0 Å². The Hall–Kier alpha value is -1.61. The molecule has 0 radical (unpaired) electrons. The smallest absolute Gasteiger partial charge is 0.259 e. The molecule has 0 spiro atoms. The standard InChI is InChI=1S/C14H16N2O/c1-10-11-5-3-4-6-12(11)13(17)16(10)14(2)7-8-15-9-14/h3-6,15H,1,7-9H2,2H3. The monoisotopic (exact) mass is 228 g/mol. The number of nitrogens with one attached hydrogen (secondary N) is 1. The Morgan fingerprint density at radius 2 is 2.06 bits per heavy atom. The lowest BCUT2D eigenvalue weighted by Crippen LogP contribution is -2.47. The van der Waals surface area contributed by atoms with Crippen LogP contribution in [0.1, 0.15) is 29.3 Å². The summed E-state index contributed by atoms with van der Waals surface area (Å²) < 4.78 is 0. The first-order valence-electron chi connectivity index (χ1n) is 5.97. The first-order chi connectivity index (χ1) is 8.13. The molecular weight excluding hydrogens is 212 g/mol. The number of amides is 1. The van der Waals surface area contributed by atoms with Gasteiger partial charge in [0.15, 0.2) is 0 Å². The molecule has 3 nitrogen and oxygen atoms in total. The molecule has 0 aromatic heterocycles. The summed E-state index contributed by atoms with van der Waals surface area (Å²) in [7, 11) is 0. The second-order valence-corrected chi connectivity index (χ2v) is 5.06. The topological polar surface area (TPSA) is 32.3 Å². The molecule has 1 saturated heterocycles. The molecule has 17 heavy (non-hydrogen) atoms. The van der Waals surface area contributed by atoms with E-state index in [-0.39, 0.29) is 11.4 Å².